The van der Waals surface area contributed by atoms with E-state index in [4.69, 9.17) is 11.6 Å². The van der Waals surface area contributed by atoms with Gasteiger partial charge in [-0.15, -0.1) is 0 Å². The summed E-state index contributed by atoms with van der Waals surface area (Å²) < 4.78 is 4.83. The standard InChI is InChI=1S/C36H21ClN2S/c37-28-13-7-15-30-34(28)33-27-12-6-17-32-35(27)39(29-14-3-4-16-31(29)40-32)36(33)38(30)24-20-18-23(19-21-24)26-11-5-9-22-8-1-2-10-25(22)26/h1-21H. The lowest BCUT2D eigenvalue weighted by atomic mass is 9.98. The third-order valence-electron chi connectivity index (χ3n) is 8.17. The molecule has 0 saturated carbocycles. The molecule has 2 nitrogen and oxygen atoms in total. The van der Waals surface area contributed by atoms with Gasteiger partial charge in [0.25, 0.3) is 0 Å². The molecule has 0 bridgehead atoms. The van der Waals surface area contributed by atoms with E-state index < -0.39 is 0 Å². The molecule has 3 heterocycles. The highest BCUT2D eigenvalue weighted by Gasteiger charge is 2.28. The third-order valence-corrected chi connectivity index (χ3v) is 9.60. The molecule has 0 amide bonds. The molecule has 40 heavy (non-hydrogen) atoms. The molecule has 0 radical (unpaired) electrons. The van der Waals surface area contributed by atoms with Gasteiger partial charge in [-0.05, 0) is 64.4 Å². The van der Waals surface area contributed by atoms with E-state index in [1.165, 1.54) is 53.7 Å². The summed E-state index contributed by atoms with van der Waals surface area (Å²) in [6.45, 7) is 0. The minimum atomic E-state index is 0.776. The Morgan fingerprint density at radius 2 is 1.27 bits per heavy atom. The number of aromatic nitrogens is 2. The van der Waals surface area contributed by atoms with Gasteiger partial charge >= 0.3 is 0 Å². The number of benzene rings is 6. The highest BCUT2D eigenvalue weighted by Crippen LogP contribution is 2.50. The number of rotatable bonds is 2. The van der Waals surface area contributed by atoms with E-state index in [0.29, 0.717) is 0 Å². The van der Waals surface area contributed by atoms with Gasteiger partial charge in [0.1, 0.15) is 5.65 Å². The Labute approximate surface area is 240 Å². The zero-order valence-electron chi connectivity index (χ0n) is 21.3. The van der Waals surface area contributed by atoms with Gasteiger partial charge in [-0.1, -0.05) is 108 Å². The van der Waals surface area contributed by atoms with Crippen molar-refractivity contribution < 1.29 is 0 Å². The summed E-state index contributed by atoms with van der Waals surface area (Å²) in [6.07, 6.45) is 0. The predicted octanol–water partition coefficient (Wildman–Crippen LogP) is 10.7. The summed E-state index contributed by atoms with van der Waals surface area (Å²) >= 11 is 8.82. The van der Waals surface area contributed by atoms with E-state index in [2.05, 4.69) is 130 Å². The summed E-state index contributed by atoms with van der Waals surface area (Å²) in [5.74, 6) is 0. The maximum atomic E-state index is 6.98. The van der Waals surface area contributed by atoms with Crippen LogP contribution in [0.4, 0.5) is 0 Å². The van der Waals surface area contributed by atoms with E-state index in [0.717, 1.165) is 27.3 Å². The SMILES string of the molecule is Clc1cccc2c1c1c3cccc4c3n(c1n2-c1ccc(-c2cccc3ccccc23)cc1)-c1ccccc1S4. The molecule has 8 aromatic rings. The second kappa shape index (κ2) is 8.28. The van der Waals surface area contributed by atoms with Gasteiger partial charge in [0.2, 0.25) is 0 Å². The topological polar surface area (TPSA) is 9.86 Å². The van der Waals surface area contributed by atoms with E-state index in [-0.39, 0.29) is 0 Å². The summed E-state index contributed by atoms with van der Waals surface area (Å²) in [7, 11) is 0. The first kappa shape index (κ1) is 22.4. The van der Waals surface area contributed by atoms with Crippen LogP contribution in [0.1, 0.15) is 0 Å². The molecule has 2 aromatic heterocycles. The van der Waals surface area contributed by atoms with Gasteiger partial charge in [-0.25, -0.2) is 0 Å². The number of fused-ring (bicyclic) bond motifs is 8. The van der Waals surface area contributed by atoms with Gasteiger partial charge in [0, 0.05) is 31.6 Å². The lowest BCUT2D eigenvalue weighted by molar-refractivity contribution is 1.03. The fourth-order valence-corrected chi connectivity index (χ4v) is 7.86. The molecule has 0 atom stereocenters. The summed E-state index contributed by atoms with van der Waals surface area (Å²) in [6, 6.07) is 45.6. The van der Waals surface area contributed by atoms with Crippen molar-refractivity contribution in [1.82, 2.24) is 9.13 Å². The number of hydrogen-bond acceptors (Lipinski definition) is 1. The predicted molar refractivity (Wildman–Crippen MR) is 170 cm³/mol. The van der Waals surface area contributed by atoms with Crippen LogP contribution in [0.25, 0.3) is 66.1 Å². The Morgan fingerprint density at radius 3 is 2.20 bits per heavy atom. The zero-order valence-corrected chi connectivity index (χ0v) is 22.9. The minimum Gasteiger partial charge on any atom is -0.295 e. The Balaban J connectivity index is 1.38. The molecule has 0 unspecified atom stereocenters. The number of nitrogens with zero attached hydrogens (tertiary/aromatic N) is 2. The first-order valence-electron chi connectivity index (χ1n) is 13.4. The summed E-state index contributed by atoms with van der Waals surface area (Å²) in [5.41, 5.74) is 8.28. The van der Waals surface area contributed by atoms with E-state index in [1.54, 1.807) is 0 Å². The van der Waals surface area contributed by atoms with Crippen LogP contribution in [0.2, 0.25) is 5.02 Å². The van der Waals surface area contributed by atoms with Crippen molar-refractivity contribution in [3.63, 3.8) is 0 Å². The van der Waals surface area contributed by atoms with Crippen molar-refractivity contribution in [2.75, 3.05) is 0 Å². The average molecular weight is 549 g/mol. The van der Waals surface area contributed by atoms with Crippen molar-refractivity contribution in [2.24, 2.45) is 0 Å². The van der Waals surface area contributed by atoms with E-state index in [1.807, 2.05) is 17.8 Å². The summed E-state index contributed by atoms with van der Waals surface area (Å²) in [5, 5.41) is 6.83. The first-order chi connectivity index (χ1) is 19.8. The number of para-hydroxylation sites is 2. The van der Waals surface area contributed by atoms with Crippen molar-refractivity contribution in [3.8, 4) is 22.5 Å². The Hall–Kier alpha value is -4.44. The molecule has 6 aromatic carbocycles. The average Bonchev–Trinajstić information content (AvgIpc) is 3.52. The molecule has 0 aliphatic carbocycles. The van der Waals surface area contributed by atoms with Crippen molar-refractivity contribution >= 4 is 67.0 Å². The Morgan fingerprint density at radius 1 is 0.550 bits per heavy atom. The molecule has 0 saturated heterocycles. The van der Waals surface area contributed by atoms with Gasteiger partial charge < -0.3 is 0 Å². The van der Waals surface area contributed by atoms with Crippen LogP contribution in [0, 0.1) is 0 Å². The molecule has 188 valence electrons. The molecule has 0 N–H and O–H groups in total. The molecule has 0 spiro atoms. The van der Waals surface area contributed by atoms with Crippen LogP contribution < -0.4 is 0 Å². The fraction of sp³-hybridized carbons (Fsp3) is 0. The maximum absolute atomic E-state index is 6.98. The normalized spacial score (nSPS) is 12.5. The lowest BCUT2D eigenvalue weighted by Crippen LogP contribution is -2.05. The quantitative estimate of drug-likeness (QED) is 0.209. The monoisotopic (exact) mass is 548 g/mol. The highest BCUT2D eigenvalue weighted by molar-refractivity contribution is 7.99. The Kier molecular flexibility index (Phi) is 4.63. The van der Waals surface area contributed by atoms with E-state index >= 15 is 0 Å². The molecule has 4 heteroatoms. The number of hydrogen-bond donors (Lipinski definition) is 0. The van der Waals surface area contributed by atoms with Crippen LogP contribution in [-0.2, 0) is 0 Å². The van der Waals surface area contributed by atoms with Crippen LogP contribution in [0.5, 0.6) is 0 Å². The van der Waals surface area contributed by atoms with Gasteiger partial charge in [-0.2, -0.15) is 0 Å². The van der Waals surface area contributed by atoms with Crippen LogP contribution in [-0.4, -0.2) is 9.13 Å². The summed E-state index contributed by atoms with van der Waals surface area (Å²) in [4.78, 5) is 2.53. The Bertz CT molecular complexity index is 2300. The van der Waals surface area contributed by atoms with Gasteiger partial charge in [0.05, 0.1) is 21.7 Å². The second-order valence-electron chi connectivity index (χ2n) is 10.3. The van der Waals surface area contributed by atoms with Gasteiger partial charge in [-0.3, -0.25) is 9.13 Å². The van der Waals surface area contributed by atoms with Crippen molar-refractivity contribution in [3.05, 3.63) is 132 Å². The largest absolute Gasteiger partial charge is 0.295 e. The molecular formula is C36H21ClN2S. The zero-order chi connectivity index (χ0) is 26.4. The molecule has 1 aliphatic rings. The highest BCUT2D eigenvalue weighted by atomic mass is 35.5. The van der Waals surface area contributed by atoms with Crippen LogP contribution >= 0.6 is 23.4 Å². The number of halogens is 1. The van der Waals surface area contributed by atoms with E-state index in [9.17, 15) is 0 Å². The fourth-order valence-electron chi connectivity index (χ4n) is 6.50. The minimum absolute atomic E-state index is 0.776. The molecule has 1 aliphatic heterocycles. The van der Waals surface area contributed by atoms with Crippen molar-refractivity contribution in [1.29, 1.82) is 0 Å². The van der Waals surface area contributed by atoms with Gasteiger partial charge in [0.15, 0.2) is 0 Å². The lowest BCUT2D eigenvalue weighted by Gasteiger charge is -2.21. The third kappa shape index (κ3) is 2.96. The maximum Gasteiger partial charge on any atom is 0.131 e. The second-order valence-corrected chi connectivity index (χ2v) is 11.8. The smallest absolute Gasteiger partial charge is 0.131 e. The first-order valence-corrected chi connectivity index (χ1v) is 14.6. The van der Waals surface area contributed by atoms with Crippen molar-refractivity contribution in [2.45, 2.75) is 9.79 Å². The molecule has 0 fully saturated rings. The molecular weight excluding hydrogens is 528 g/mol. The molecule has 9 rings (SSSR count). The van der Waals surface area contributed by atoms with Crippen LogP contribution in [0.3, 0.4) is 0 Å². The van der Waals surface area contributed by atoms with Crippen LogP contribution in [0.15, 0.2) is 137 Å².